The minimum Gasteiger partial charge on any atom is -0.493 e. The van der Waals surface area contributed by atoms with Crippen LogP contribution in [0.25, 0.3) is 0 Å². The number of halogens is 1. The maximum absolute atomic E-state index is 13.0. The molecule has 1 aliphatic heterocycles. The molecule has 1 heterocycles. The van der Waals surface area contributed by atoms with Crippen molar-refractivity contribution in [2.45, 2.75) is 17.7 Å². The minimum atomic E-state index is -3.72. The number of hydrogen-bond donors (Lipinski definition) is 1. The molecule has 166 valence electrons. The molecule has 2 aromatic carbocycles. The molecule has 10 heteroatoms. The molecule has 0 spiro atoms. The van der Waals surface area contributed by atoms with E-state index in [0.29, 0.717) is 29.9 Å². The molecule has 3 rings (SSSR count). The second-order valence-corrected chi connectivity index (χ2v) is 8.92. The number of nitrogens with one attached hydrogen (secondary N) is 1. The monoisotopic (exact) mass is 449 g/mol. The topological polar surface area (TPSA) is 97.3 Å². The van der Waals surface area contributed by atoms with Gasteiger partial charge in [0, 0.05) is 25.1 Å². The number of nitrogens with zero attached hydrogens (tertiary/aromatic N) is 2. The number of carbonyl (C=O) groups excluding carboxylic acids is 1. The highest BCUT2D eigenvalue weighted by molar-refractivity contribution is 7.89. The lowest BCUT2D eigenvalue weighted by Crippen LogP contribution is -2.42. The summed E-state index contributed by atoms with van der Waals surface area (Å²) >= 11 is 0. The molecule has 0 saturated carbocycles. The smallest absolute Gasteiger partial charge is 0.243 e. The number of ether oxygens (including phenoxy) is 2. The van der Waals surface area contributed by atoms with Gasteiger partial charge in [-0.1, -0.05) is 12.1 Å². The SMILES string of the molecule is COc1ccc(S(=O)(=O)N2CCC(C(=O)N/N=C\c3ccc(F)cc3)CC2)cc1OC. The zero-order valence-electron chi connectivity index (χ0n) is 17.2. The molecule has 1 N–H and O–H groups in total. The largest absolute Gasteiger partial charge is 0.493 e. The van der Waals surface area contributed by atoms with E-state index in [2.05, 4.69) is 10.5 Å². The maximum atomic E-state index is 13.0. The highest BCUT2D eigenvalue weighted by atomic mass is 32.2. The zero-order chi connectivity index (χ0) is 22.4. The number of rotatable bonds is 7. The molecule has 0 radical (unpaired) electrons. The summed E-state index contributed by atoms with van der Waals surface area (Å²) in [6.45, 7) is 0.437. The Balaban J connectivity index is 1.58. The summed E-state index contributed by atoms with van der Waals surface area (Å²) in [5.41, 5.74) is 3.12. The van der Waals surface area contributed by atoms with Crippen LogP contribution in [0.15, 0.2) is 52.5 Å². The van der Waals surface area contributed by atoms with Gasteiger partial charge in [0.05, 0.1) is 25.3 Å². The van der Waals surface area contributed by atoms with Gasteiger partial charge in [-0.3, -0.25) is 4.79 Å². The van der Waals surface area contributed by atoms with Crippen LogP contribution in [0.4, 0.5) is 4.39 Å². The van der Waals surface area contributed by atoms with Crippen LogP contribution in [0.5, 0.6) is 11.5 Å². The predicted molar refractivity (Wildman–Crippen MR) is 113 cm³/mol. The van der Waals surface area contributed by atoms with Gasteiger partial charge >= 0.3 is 0 Å². The fourth-order valence-electron chi connectivity index (χ4n) is 3.29. The zero-order valence-corrected chi connectivity index (χ0v) is 18.1. The molecule has 2 aromatic rings. The molecular weight excluding hydrogens is 425 g/mol. The van der Waals surface area contributed by atoms with Crippen LogP contribution in [-0.4, -0.2) is 52.2 Å². The molecule has 0 aromatic heterocycles. The van der Waals surface area contributed by atoms with E-state index >= 15 is 0 Å². The van der Waals surface area contributed by atoms with Crippen LogP contribution in [0.3, 0.4) is 0 Å². The summed E-state index contributed by atoms with van der Waals surface area (Å²) in [7, 11) is -0.800. The van der Waals surface area contributed by atoms with Gasteiger partial charge in [0.25, 0.3) is 0 Å². The fraction of sp³-hybridized carbons (Fsp3) is 0.333. The van der Waals surface area contributed by atoms with E-state index in [1.165, 1.54) is 49.0 Å². The number of amides is 1. The van der Waals surface area contributed by atoms with Crippen molar-refractivity contribution >= 4 is 22.1 Å². The van der Waals surface area contributed by atoms with Gasteiger partial charge in [-0.25, -0.2) is 18.2 Å². The third kappa shape index (κ3) is 5.39. The Bertz CT molecular complexity index is 1050. The normalized spacial score (nSPS) is 15.7. The predicted octanol–water partition coefficient (Wildman–Crippen LogP) is 2.39. The van der Waals surface area contributed by atoms with Gasteiger partial charge in [-0.2, -0.15) is 9.41 Å². The van der Waals surface area contributed by atoms with E-state index in [1.807, 2.05) is 0 Å². The van der Waals surface area contributed by atoms with Crippen molar-refractivity contribution in [2.75, 3.05) is 27.3 Å². The number of carbonyl (C=O) groups is 1. The van der Waals surface area contributed by atoms with Crippen molar-refractivity contribution in [3.05, 3.63) is 53.8 Å². The van der Waals surface area contributed by atoms with E-state index in [9.17, 15) is 17.6 Å². The Labute approximate surface area is 180 Å². The van der Waals surface area contributed by atoms with E-state index in [0.717, 1.165) is 0 Å². The lowest BCUT2D eigenvalue weighted by molar-refractivity contribution is -0.126. The van der Waals surface area contributed by atoms with Crippen LogP contribution in [0.1, 0.15) is 18.4 Å². The van der Waals surface area contributed by atoms with Crippen molar-refractivity contribution in [2.24, 2.45) is 11.0 Å². The van der Waals surface area contributed by atoms with Crippen molar-refractivity contribution in [3.8, 4) is 11.5 Å². The van der Waals surface area contributed by atoms with Gasteiger partial charge in [-0.05, 0) is 42.7 Å². The molecular formula is C21H24FN3O5S. The van der Waals surface area contributed by atoms with Gasteiger partial charge in [0.15, 0.2) is 11.5 Å². The number of methoxy groups -OCH3 is 2. The Morgan fingerprint density at radius 3 is 2.35 bits per heavy atom. The highest BCUT2D eigenvalue weighted by Crippen LogP contribution is 2.32. The first kappa shape index (κ1) is 22.7. The summed E-state index contributed by atoms with van der Waals surface area (Å²) < 4.78 is 50.5. The van der Waals surface area contributed by atoms with Crippen LogP contribution in [0, 0.1) is 11.7 Å². The molecule has 31 heavy (non-hydrogen) atoms. The van der Waals surface area contributed by atoms with Crippen LogP contribution in [0.2, 0.25) is 0 Å². The molecule has 1 aliphatic rings. The molecule has 0 atom stereocenters. The van der Waals surface area contributed by atoms with Crippen LogP contribution >= 0.6 is 0 Å². The van der Waals surface area contributed by atoms with E-state index in [1.54, 1.807) is 18.2 Å². The van der Waals surface area contributed by atoms with E-state index < -0.39 is 10.0 Å². The minimum absolute atomic E-state index is 0.108. The van der Waals surface area contributed by atoms with E-state index in [-0.39, 0.29) is 35.6 Å². The summed E-state index contributed by atoms with van der Waals surface area (Å²) in [5, 5.41) is 3.89. The standard InChI is InChI=1S/C21H24FN3O5S/c1-29-19-8-7-18(13-20(19)30-2)31(27,28)25-11-9-16(10-12-25)21(26)24-23-14-15-3-5-17(22)6-4-15/h3-8,13-14,16H,9-12H2,1-2H3,(H,24,26)/b23-14-. The maximum Gasteiger partial charge on any atom is 0.243 e. The van der Waals surface area contributed by atoms with Gasteiger partial charge in [0.1, 0.15) is 5.82 Å². The molecule has 0 bridgehead atoms. The molecule has 1 saturated heterocycles. The number of piperidine rings is 1. The number of hydrogen-bond acceptors (Lipinski definition) is 6. The molecule has 8 nitrogen and oxygen atoms in total. The van der Waals surface area contributed by atoms with E-state index in [4.69, 9.17) is 9.47 Å². The molecule has 1 fully saturated rings. The third-order valence-corrected chi connectivity index (χ3v) is 6.97. The van der Waals surface area contributed by atoms with Gasteiger partial charge in [-0.15, -0.1) is 0 Å². The third-order valence-electron chi connectivity index (χ3n) is 5.08. The van der Waals surface area contributed by atoms with Crippen LogP contribution < -0.4 is 14.9 Å². The second kappa shape index (κ2) is 9.88. The first-order chi connectivity index (χ1) is 14.8. The Morgan fingerprint density at radius 1 is 1.10 bits per heavy atom. The lowest BCUT2D eigenvalue weighted by atomic mass is 9.98. The number of benzene rings is 2. The Kier molecular flexibility index (Phi) is 7.24. The van der Waals surface area contributed by atoms with Crippen molar-refractivity contribution in [1.29, 1.82) is 0 Å². The summed E-state index contributed by atoms with van der Waals surface area (Å²) in [6, 6.07) is 10.1. The van der Waals surface area contributed by atoms with Crippen molar-refractivity contribution in [3.63, 3.8) is 0 Å². The summed E-state index contributed by atoms with van der Waals surface area (Å²) in [6.07, 6.45) is 2.18. The molecule has 1 amide bonds. The molecule has 0 unspecified atom stereocenters. The average molecular weight is 450 g/mol. The molecule has 0 aliphatic carbocycles. The van der Waals surface area contributed by atoms with Gasteiger partial charge in [0.2, 0.25) is 15.9 Å². The summed E-state index contributed by atoms with van der Waals surface area (Å²) in [5.74, 6) is -0.199. The average Bonchev–Trinajstić information content (AvgIpc) is 2.79. The summed E-state index contributed by atoms with van der Waals surface area (Å²) in [4.78, 5) is 12.4. The second-order valence-electron chi connectivity index (χ2n) is 6.98. The first-order valence-electron chi connectivity index (χ1n) is 9.66. The highest BCUT2D eigenvalue weighted by Gasteiger charge is 2.32. The lowest BCUT2D eigenvalue weighted by Gasteiger charge is -2.30. The number of hydrazone groups is 1. The number of sulfonamides is 1. The van der Waals surface area contributed by atoms with Crippen molar-refractivity contribution < 1.29 is 27.1 Å². The Hall–Kier alpha value is -2.98. The first-order valence-corrected chi connectivity index (χ1v) is 11.1. The van der Waals surface area contributed by atoms with Crippen LogP contribution in [-0.2, 0) is 14.8 Å². The van der Waals surface area contributed by atoms with Crippen molar-refractivity contribution in [1.82, 2.24) is 9.73 Å². The fourth-order valence-corrected chi connectivity index (χ4v) is 4.78. The Morgan fingerprint density at radius 2 is 1.74 bits per heavy atom. The van der Waals surface area contributed by atoms with Gasteiger partial charge < -0.3 is 9.47 Å². The quantitative estimate of drug-likeness (QED) is 0.517.